The monoisotopic (exact) mass is 199 g/mol. The lowest BCUT2D eigenvalue weighted by Gasteiger charge is -1.99. The van der Waals surface area contributed by atoms with E-state index in [2.05, 4.69) is 0 Å². The Morgan fingerprint density at radius 2 is 2.23 bits per heavy atom. The summed E-state index contributed by atoms with van der Waals surface area (Å²) >= 11 is 5.42. The maximum absolute atomic E-state index is 12.8. The molecule has 1 aromatic carbocycles. The molecule has 1 rings (SSSR count). The summed E-state index contributed by atoms with van der Waals surface area (Å²) in [5, 5.41) is 16.7. The van der Waals surface area contributed by atoms with E-state index in [0.29, 0.717) is 0 Å². The van der Waals surface area contributed by atoms with E-state index in [9.17, 15) is 9.18 Å². The molecule has 0 saturated heterocycles. The second-order valence-corrected chi connectivity index (χ2v) is 2.64. The van der Waals surface area contributed by atoms with Gasteiger partial charge in [0.15, 0.2) is 0 Å². The molecule has 5 heteroatoms. The van der Waals surface area contributed by atoms with Gasteiger partial charge in [0.05, 0.1) is 16.1 Å². The van der Waals surface area contributed by atoms with Crippen LogP contribution >= 0.6 is 11.6 Å². The molecule has 0 heterocycles. The molecule has 0 aliphatic rings. The predicted octanol–water partition coefficient (Wildman–Crippen LogP) is 2.05. The molecule has 0 saturated carbocycles. The van der Waals surface area contributed by atoms with Crippen LogP contribution in [0.5, 0.6) is 0 Å². The molecular weight excluding hydrogens is 197 g/mol. The number of nitrogens with zero attached hydrogens (tertiary/aromatic N) is 1. The normalized spacial score (nSPS) is 9.31. The van der Waals surface area contributed by atoms with Crippen molar-refractivity contribution in [3.63, 3.8) is 0 Å². The highest BCUT2D eigenvalue weighted by Gasteiger charge is 2.13. The SMILES string of the molecule is N#Cc1cc(C(=O)O)c(Cl)cc1F. The molecule has 1 N–H and O–H groups in total. The van der Waals surface area contributed by atoms with E-state index in [4.69, 9.17) is 22.0 Å². The van der Waals surface area contributed by atoms with Gasteiger partial charge < -0.3 is 5.11 Å². The van der Waals surface area contributed by atoms with Crippen molar-refractivity contribution in [3.8, 4) is 6.07 Å². The Morgan fingerprint density at radius 1 is 1.62 bits per heavy atom. The van der Waals surface area contributed by atoms with E-state index in [1.54, 1.807) is 0 Å². The molecule has 3 nitrogen and oxygen atoms in total. The Bertz CT molecular complexity index is 411. The lowest BCUT2D eigenvalue weighted by Crippen LogP contribution is -1.99. The molecule has 0 atom stereocenters. The number of carboxylic acid groups (broad SMARTS) is 1. The van der Waals surface area contributed by atoms with Crippen molar-refractivity contribution in [2.24, 2.45) is 0 Å². The Balaban J connectivity index is 3.41. The summed E-state index contributed by atoms with van der Waals surface area (Å²) in [7, 11) is 0. The highest BCUT2D eigenvalue weighted by atomic mass is 35.5. The number of rotatable bonds is 1. The first-order valence-corrected chi connectivity index (χ1v) is 3.56. The zero-order valence-electron chi connectivity index (χ0n) is 6.21. The van der Waals surface area contributed by atoms with E-state index in [-0.39, 0.29) is 16.1 Å². The van der Waals surface area contributed by atoms with Crippen LogP contribution in [0.15, 0.2) is 12.1 Å². The molecule has 1 aromatic rings. The molecule has 0 unspecified atom stereocenters. The lowest BCUT2D eigenvalue weighted by atomic mass is 10.1. The van der Waals surface area contributed by atoms with Gasteiger partial charge in [0.1, 0.15) is 11.9 Å². The Hall–Kier alpha value is -1.60. The molecule has 0 aliphatic carbocycles. The molecule has 0 fully saturated rings. The van der Waals surface area contributed by atoms with Gasteiger partial charge in [-0.1, -0.05) is 11.6 Å². The van der Waals surface area contributed by atoms with E-state index < -0.39 is 11.8 Å². The summed E-state index contributed by atoms with van der Waals surface area (Å²) in [6.07, 6.45) is 0. The minimum absolute atomic E-state index is 0.219. The number of benzene rings is 1. The van der Waals surface area contributed by atoms with Crippen molar-refractivity contribution in [3.05, 3.63) is 34.1 Å². The number of carbonyl (C=O) groups is 1. The fourth-order valence-electron chi connectivity index (χ4n) is 0.799. The van der Waals surface area contributed by atoms with Crippen molar-refractivity contribution in [1.29, 1.82) is 5.26 Å². The van der Waals surface area contributed by atoms with Crippen molar-refractivity contribution in [2.45, 2.75) is 0 Å². The van der Waals surface area contributed by atoms with Gasteiger partial charge in [-0.25, -0.2) is 9.18 Å². The largest absolute Gasteiger partial charge is 0.478 e. The molecule has 0 bridgehead atoms. The molecule has 0 aromatic heterocycles. The topological polar surface area (TPSA) is 61.1 Å². The molecule has 0 radical (unpaired) electrons. The standard InChI is InChI=1S/C8H3ClFNO2/c9-6-2-7(10)4(3-11)1-5(6)8(12)13/h1-2H,(H,12,13). The average molecular weight is 200 g/mol. The van der Waals surface area contributed by atoms with Gasteiger partial charge in [-0.2, -0.15) is 5.26 Å². The van der Waals surface area contributed by atoms with Crippen LogP contribution in [0, 0.1) is 17.1 Å². The van der Waals surface area contributed by atoms with Gasteiger partial charge in [0, 0.05) is 0 Å². The summed E-state index contributed by atoms with van der Waals surface area (Å²) in [5.74, 6) is -2.11. The van der Waals surface area contributed by atoms with Crippen LogP contribution < -0.4 is 0 Å². The van der Waals surface area contributed by atoms with Crippen LogP contribution in [0.25, 0.3) is 0 Å². The van der Waals surface area contributed by atoms with Crippen LogP contribution in [-0.2, 0) is 0 Å². The summed E-state index contributed by atoms with van der Waals surface area (Å²) in [4.78, 5) is 10.5. The first kappa shape index (κ1) is 9.49. The van der Waals surface area contributed by atoms with Crippen LogP contribution in [0.2, 0.25) is 5.02 Å². The van der Waals surface area contributed by atoms with Gasteiger partial charge in [-0.05, 0) is 12.1 Å². The van der Waals surface area contributed by atoms with Gasteiger partial charge in [-0.3, -0.25) is 0 Å². The van der Waals surface area contributed by atoms with Crippen LogP contribution in [0.3, 0.4) is 0 Å². The first-order valence-electron chi connectivity index (χ1n) is 3.18. The van der Waals surface area contributed by atoms with E-state index in [1.165, 1.54) is 6.07 Å². The minimum Gasteiger partial charge on any atom is -0.478 e. The molecular formula is C8H3ClFNO2. The van der Waals surface area contributed by atoms with Crippen LogP contribution in [-0.4, -0.2) is 11.1 Å². The third kappa shape index (κ3) is 1.76. The summed E-state index contributed by atoms with van der Waals surface area (Å²) in [6.45, 7) is 0. The maximum atomic E-state index is 12.8. The van der Waals surface area contributed by atoms with Gasteiger partial charge >= 0.3 is 5.97 Å². The van der Waals surface area contributed by atoms with Gasteiger partial charge in [0.25, 0.3) is 0 Å². The van der Waals surface area contributed by atoms with Gasteiger partial charge in [-0.15, -0.1) is 0 Å². The predicted molar refractivity (Wildman–Crippen MR) is 43.1 cm³/mol. The second kappa shape index (κ2) is 3.42. The summed E-state index contributed by atoms with van der Waals surface area (Å²) in [6, 6.07) is 3.23. The van der Waals surface area contributed by atoms with Crippen LogP contribution in [0.4, 0.5) is 4.39 Å². The molecule has 0 spiro atoms. The second-order valence-electron chi connectivity index (χ2n) is 2.23. The quantitative estimate of drug-likeness (QED) is 0.753. The first-order chi connectivity index (χ1) is 6.06. The van der Waals surface area contributed by atoms with Crippen LogP contribution in [0.1, 0.15) is 15.9 Å². The zero-order chi connectivity index (χ0) is 10.0. The number of aromatic carboxylic acids is 1. The Kier molecular flexibility index (Phi) is 2.49. The number of carboxylic acids is 1. The molecule has 0 amide bonds. The highest BCUT2D eigenvalue weighted by molar-refractivity contribution is 6.33. The maximum Gasteiger partial charge on any atom is 0.337 e. The number of nitriles is 1. The number of halogens is 2. The van der Waals surface area contributed by atoms with E-state index >= 15 is 0 Å². The number of hydrogen-bond donors (Lipinski definition) is 1. The summed E-state index contributed by atoms with van der Waals surface area (Å²) in [5.41, 5.74) is -0.610. The van der Waals surface area contributed by atoms with Gasteiger partial charge in [0.2, 0.25) is 0 Å². The minimum atomic E-state index is -1.29. The molecule has 0 aliphatic heterocycles. The van der Waals surface area contributed by atoms with Crippen molar-refractivity contribution in [1.82, 2.24) is 0 Å². The average Bonchev–Trinajstić information content (AvgIpc) is 2.03. The van der Waals surface area contributed by atoms with Crippen molar-refractivity contribution >= 4 is 17.6 Å². The third-order valence-corrected chi connectivity index (χ3v) is 1.72. The molecule has 13 heavy (non-hydrogen) atoms. The van der Waals surface area contributed by atoms with Crippen molar-refractivity contribution in [2.75, 3.05) is 0 Å². The molecule has 66 valence electrons. The smallest absolute Gasteiger partial charge is 0.337 e. The third-order valence-electron chi connectivity index (χ3n) is 1.41. The Morgan fingerprint density at radius 3 is 2.69 bits per heavy atom. The van der Waals surface area contributed by atoms with Crippen molar-refractivity contribution < 1.29 is 14.3 Å². The number of hydrogen-bond acceptors (Lipinski definition) is 2. The Labute approximate surface area is 78.0 Å². The van der Waals surface area contributed by atoms with E-state index in [1.807, 2.05) is 0 Å². The lowest BCUT2D eigenvalue weighted by molar-refractivity contribution is 0.0697. The van der Waals surface area contributed by atoms with E-state index in [0.717, 1.165) is 12.1 Å². The fourth-order valence-corrected chi connectivity index (χ4v) is 1.03. The fraction of sp³-hybridized carbons (Fsp3) is 0. The zero-order valence-corrected chi connectivity index (χ0v) is 6.97. The highest BCUT2D eigenvalue weighted by Crippen LogP contribution is 2.20. The summed E-state index contributed by atoms with van der Waals surface area (Å²) < 4.78 is 12.8.